The number of nitrogens with zero attached hydrogens (tertiary/aromatic N) is 2. The van der Waals surface area contributed by atoms with Crippen LogP contribution in [0.4, 0.5) is 5.69 Å². The second kappa shape index (κ2) is 7.21. The minimum atomic E-state index is -0.798. The van der Waals surface area contributed by atoms with E-state index in [-0.39, 0.29) is 17.6 Å². The quantitative estimate of drug-likeness (QED) is 0.601. The second-order valence-corrected chi connectivity index (χ2v) is 4.39. The zero-order valence-corrected chi connectivity index (χ0v) is 11.3. The molecular weight excluding hydrogens is 260 g/mol. The van der Waals surface area contributed by atoms with Gasteiger partial charge in [-0.2, -0.15) is 5.26 Å². The summed E-state index contributed by atoms with van der Waals surface area (Å²) < 4.78 is 0. The maximum Gasteiger partial charge on any atom is 0.275 e. The van der Waals surface area contributed by atoms with Crippen molar-refractivity contribution in [3.63, 3.8) is 0 Å². The van der Waals surface area contributed by atoms with Gasteiger partial charge in [0.2, 0.25) is 5.91 Å². The number of para-hydroxylation sites is 1. The Labute approximate surface area is 116 Å². The lowest BCUT2D eigenvalue weighted by Crippen LogP contribution is -2.39. The highest BCUT2D eigenvalue weighted by Gasteiger charge is 2.21. The van der Waals surface area contributed by atoms with Gasteiger partial charge in [0.15, 0.2) is 0 Å². The van der Waals surface area contributed by atoms with Gasteiger partial charge in [0, 0.05) is 25.6 Å². The molecule has 2 N–H and O–H groups in total. The number of rotatable bonds is 6. The van der Waals surface area contributed by atoms with Crippen molar-refractivity contribution in [1.29, 1.82) is 5.26 Å². The predicted molar refractivity (Wildman–Crippen MR) is 72.7 cm³/mol. The molecule has 7 heteroatoms. The number of amides is 1. The Balaban J connectivity index is 2.80. The van der Waals surface area contributed by atoms with E-state index in [1.54, 1.807) is 25.1 Å². The van der Waals surface area contributed by atoms with Gasteiger partial charge in [-0.15, -0.1) is 0 Å². The first-order valence-electron chi connectivity index (χ1n) is 6.09. The normalized spacial score (nSPS) is 13.1. The molecule has 2 atom stereocenters. The molecule has 1 amide bonds. The van der Waals surface area contributed by atoms with Crippen molar-refractivity contribution in [1.82, 2.24) is 10.6 Å². The number of nitrogens with one attached hydrogen (secondary N) is 2. The molecule has 1 aromatic carbocycles. The van der Waals surface area contributed by atoms with Gasteiger partial charge in [-0.25, -0.2) is 0 Å². The number of nitriles is 1. The lowest BCUT2D eigenvalue weighted by Gasteiger charge is -2.17. The molecule has 0 saturated carbocycles. The fraction of sp³-hybridized carbons (Fsp3) is 0.385. The van der Waals surface area contributed by atoms with Crippen LogP contribution in [0.5, 0.6) is 0 Å². The van der Waals surface area contributed by atoms with Crippen molar-refractivity contribution in [2.75, 3.05) is 6.54 Å². The highest BCUT2D eigenvalue weighted by molar-refractivity contribution is 5.73. The minimum absolute atomic E-state index is 0.0984. The molecule has 1 aromatic rings. The minimum Gasteiger partial charge on any atom is -0.353 e. The summed E-state index contributed by atoms with van der Waals surface area (Å²) in [7, 11) is 0. The zero-order valence-electron chi connectivity index (χ0n) is 11.3. The Hall–Kier alpha value is -2.46. The number of benzene rings is 1. The van der Waals surface area contributed by atoms with Crippen LogP contribution in [-0.2, 0) is 4.79 Å². The Bertz CT molecular complexity index is 539. The van der Waals surface area contributed by atoms with Crippen LogP contribution in [-0.4, -0.2) is 23.4 Å². The van der Waals surface area contributed by atoms with Crippen LogP contribution < -0.4 is 10.6 Å². The third-order valence-corrected chi connectivity index (χ3v) is 2.65. The highest BCUT2D eigenvalue weighted by Crippen LogP contribution is 2.24. The van der Waals surface area contributed by atoms with E-state index in [1.165, 1.54) is 13.0 Å². The molecule has 0 spiro atoms. The van der Waals surface area contributed by atoms with Crippen LogP contribution in [0.2, 0.25) is 0 Å². The standard InChI is InChI=1S/C13H16N4O3/c1-9(16-10(2)18)8-15-12(7-14)11-5-3-4-6-13(11)17(19)20/h3-6,9,12,15H,8H2,1-2H3,(H,16,18). The number of nitro benzene ring substituents is 1. The molecule has 20 heavy (non-hydrogen) atoms. The summed E-state index contributed by atoms with van der Waals surface area (Å²) >= 11 is 0. The molecule has 0 aliphatic heterocycles. The summed E-state index contributed by atoms with van der Waals surface area (Å²) in [5.41, 5.74) is 0.216. The van der Waals surface area contributed by atoms with Crippen LogP contribution >= 0.6 is 0 Å². The van der Waals surface area contributed by atoms with Crippen molar-refractivity contribution in [2.45, 2.75) is 25.9 Å². The van der Waals surface area contributed by atoms with Gasteiger partial charge in [0.1, 0.15) is 6.04 Å². The number of nitro groups is 1. The number of carbonyl (C=O) groups is 1. The number of carbonyl (C=O) groups excluding carboxylic acids is 1. The lowest BCUT2D eigenvalue weighted by atomic mass is 10.1. The molecule has 106 valence electrons. The van der Waals surface area contributed by atoms with Gasteiger partial charge in [0.25, 0.3) is 5.69 Å². The van der Waals surface area contributed by atoms with Crippen molar-refractivity contribution in [3.8, 4) is 6.07 Å². The Morgan fingerprint density at radius 1 is 1.50 bits per heavy atom. The largest absolute Gasteiger partial charge is 0.353 e. The maximum absolute atomic E-state index is 10.9. The SMILES string of the molecule is CC(=O)NC(C)CNC(C#N)c1ccccc1[N+](=O)[O-]. The molecule has 0 aliphatic rings. The van der Waals surface area contributed by atoms with Crippen molar-refractivity contribution in [3.05, 3.63) is 39.9 Å². The summed E-state index contributed by atoms with van der Waals surface area (Å²) in [5, 5.41) is 25.7. The summed E-state index contributed by atoms with van der Waals surface area (Å²) in [6.45, 7) is 3.52. The summed E-state index contributed by atoms with van der Waals surface area (Å²) in [6, 6.07) is 7.12. The molecule has 7 nitrogen and oxygen atoms in total. The van der Waals surface area contributed by atoms with Gasteiger partial charge in [-0.3, -0.25) is 20.2 Å². The van der Waals surface area contributed by atoms with E-state index in [0.29, 0.717) is 12.1 Å². The van der Waals surface area contributed by atoms with Crippen LogP contribution in [0.3, 0.4) is 0 Å². The third-order valence-electron chi connectivity index (χ3n) is 2.65. The summed E-state index contributed by atoms with van der Waals surface area (Å²) in [6.07, 6.45) is 0. The van der Waals surface area contributed by atoms with Gasteiger partial charge in [0.05, 0.1) is 16.6 Å². The second-order valence-electron chi connectivity index (χ2n) is 4.39. The fourth-order valence-electron chi connectivity index (χ4n) is 1.82. The molecule has 1 rings (SSSR count). The molecule has 0 saturated heterocycles. The van der Waals surface area contributed by atoms with Gasteiger partial charge in [-0.1, -0.05) is 12.1 Å². The molecule has 0 aliphatic carbocycles. The zero-order chi connectivity index (χ0) is 15.1. The number of hydrogen-bond donors (Lipinski definition) is 2. The first kappa shape index (κ1) is 15.6. The van der Waals surface area contributed by atoms with Gasteiger partial charge < -0.3 is 5.32 Å². The molecule has 2 unspecified atom stereocenters. The van der Waals surface area contributed by atoms with Crippen LogP contribution in [0.25, 0.3) is 0 Å². The average Bonchev–Trinajstić information content (AvgIpc) is 2.39. The molecule has 0 fully saturated rings. The molecular formula is C13H16N4O3. The molecule has 0 heterocycles. The van der Waals surface area contributed by atoms with Crippen molar-refractivity contribution >= 4 is 11.6 Å². The van der Waals surface area contributed by atoms with Gasteiger partial charge >= 0.3 is 0 Å². The summed E-state index contributed by atoms with van der Waals surface area (Å²) in [4.78, 5) is 21.3. The third kappa shape index (κ3) is 4.33. The van der Waals surface area contributed by atoms with E-state index < -0.39 is 11.0 Å². The van der Waals surface area contributed by atoms with E-state index in [2.05, 4.69) is 10.6 Å². The van der Waals surface area contributed by atoms with E-state index in [0.717, 1.165) is 0 Å². The van der Waals surface area contributed by atoms with Crippen molar-refractivity contribution < 1.29 is 9.72 Å². The number of hydrogen-bond acceptors (Lipinski definition) is 5. The monoisotopic (exact) mass is 276 g/mol. The lowest BCUT2D eigenvalue weighted by molar-refractivity contribution is -0.385. The van der Waals surface area contributed by atoms with E-state index in [1.807, 2.05) is 6.07 Å². The van der Waals surface area contributed by atoms with Crippen LogP contribution in [0, 0.1) is 21.4 Å². The van der Waals surface area contributed by atoms with Crippen LogP contribution in [0.15, 0.2) is 24.3 Å². The summed E-state index contributed by atoms with van der Waals surface area (Å²) in [5.74, 6) is -0.168. The maximum atomic E-state index is 10.9. The first-order chi connectivity index (χ1) is 9.45. The fourth-order valence-corrected chi connectivity index (χ4v) is 1.82. The molecule has 0 radical (unpaired) electrons. The Morgan fingerprint density at radius 3 is 2.70 bits per heavy atom. The van der Waals surface area contributed by atoms with Gasteiger partial charge in [-0.05, 0) is 13.0 Å². The predicted octanol–water partition coefficient (Wildman–Crippen LogP) is 1.27. The van der Waals surface area contributed by atoms with Crippen molar-refractivity contribution in [2.24, 2.45) is 0 Å². The highest BCUT2D eigenvalue weighted by atomic mass is 16.6. The molecule has 0 bridgehead atoms. The average molecular weight is 276 g/mol. The Kier molecular flexibility index (Phi) is 5.62. The first-order valence-corrected chi connectivity index (χ1v) is 6.09. The smallest absolute Gasteiger partial charge is 0.275 e. The van der Waals surface area contributed by atoms with Crippen LogP contribution in [0.1, 0.15) is 25.5 Å². The van der Waals surface area contributed by atoms with E-state index >= 15 is 0 Å². The van der Waals surface area contributed by atoms with E-state index in [9.17, 15) is 14.9 Å². The topological polar surface area (TPSA) is 108 Å². The Morgan fingerprint density at radius 2 is 2.15 bits per heavy atom. The van der Waals surface area contributed by atoms with E-state index in [4.69, 9.17) is 5.26 Å². The molecule has 0 aromatic heterocycles.